The summed E-state index contributed by atoms with van der Waals surface area (Å²) in [6.45, 7) is 6.43. The SMILES string of the molecule is CCCCCCCCCCCC(N)=O.CCCCCCCCCCCCCC(N)=O.CCO. The third kappa shape index (κ3) is 49.2. The standard InChI is InChI=1S/C14H29NO.C12H25NO.C2H6O/c1-2-3-4-5-6-7-8-9-10-11-12-13-14(15)16;1-2-3-4-5-6-7-8-9-10-11-12(13)14;1-2-3/h2-13H2,1H3,(H2,15,16);2-11H2,1H3,(H2,13,14);3H,2H2,1H3. The molecule has 200 valence electrons. The van der Waals surface area contributed by atoms with Crippen molar-refractivity contribution in [2.75, 3.05) is 6.61 Å². The maximum absolute atomic E-state index is 10.5. The molecule has 0 unspecified atom stereocenters. The number of amides is 2. The molecule has 2 amide bonds. The summed E-state index contributed by atoms with van der Waals surface area (Å²) < 4.78 is 0. The van der Waals surface area contributed by atoms with E-state index in [1.807, 2.05) is 0 Å². The molecule has 0 fully saturated rings. The van der Waals surface area contributed by atoms with E-state index in [0.29, 0.717) is 12.8 Å². The van der Waals surface area contributed by atoms with E-state index in [9.17, 15) is 9.59 Å². The quantitative estimate of drug-likeness (QED) is 0.141. The van der Waals surface area contributed by atoms with Gasteiger partial charge < -0.3 is 16.6 Å². The fraction of sp³-hybridized carbons (Fsp3) is 0.929. The van der Waals surface area contributed by atoms with Gasteiger partial charge in [0.1, 0.15) is 0 Å². The van der Waals surface area contributed by atoms with Gasteiger partial charge in [0.15, 0.2) is 0 Å². The predicted octanol–water partition coefficient (Wildman–Crippen LogP) is 7.56. The first-order chi connectivity index (χ1) is 16.0. The fourth-order valence-electron chi connectivity index (χ4n) is 3.57. The topological polar surface area (TPSA) is 106 Å². The number of carbonyl (C=O) groups excluding carboxylic acids is 2. The largest absolute Gasteiger partial charge is 0.397 e. The molecule has 0 rings (SSSR count). The Morgan fingerprint density at radius 1 is 0.455 bits per heavy atom. The molecule has 0 saturated heterocycles. The van der Waals surface area contributed by atoms with Crippen LogP contribution in [0, 0.1) is 0 Å². The molecule has 5 N–H and O–H groups in total. The van der Waals surface area contributed by atoms with Crippen LogP contribution in [0.4, 0.5) is 0 Å². The molecule has 0 aliphatic rings. The average Bonchev–Trinajstić information content (AvgIpc) is 2.77. The van der Waals surface area contributed by atoms with Gasteiger partial charge >= 0.3 is 0 Å². The van der Waals surface area contributed by atoms with Crippen molar-refractivity contribution in [1.82, 2.24) is 0 Å². The average molecular weight is 473 g/mol. The van der Waals surface area contributed by atoms with Gasteiger partial charge in [0.05, 0.1) is 0 Å². The summed E-state index contributed by atoms with van der Waals surface area (Å²) in [5, 5.41) is 7.57. The summed E-state index contributed by atoms with van der Waals surface area (Å²) in [4.78, 5) is 20.9. The molecule has 0 radical (unpaired) electrons. The molecule has 0 aromatic heterocycles. The molecule has 0 heterocycles. The molecular formula is C28H60N2O3. The minimum Gasteiger partial charge on any atom is -0.397 e. The molecular weight excluding hydrogens is 412 g/mol. The Labute approximate surface area is 206 Å². The van der Waals surface area contributed by atoms with Crippen LogP contribution in [0.5, 0.6) is 0 Å². The van der Waals surface area contributed by atoms with Crippen LogP contribution >= 0.6 is 0 Å². The summed E-state index contributed by atoms with van der Waals surface area (Å²) in [6, 6.07) is 0. The number of hydrogen-bond acceptors (Lipinski definition) is 3. The van der Waals surface area contributed by atoms with Crippen molar-refractivity contribution in [3.63, 3.8) is 0 Å². The molecule has 5 nitrogen and oxygen atoms in total. The number of primary amides is 2. The second kappa shape index (κ2) is 35.5. The van der Waals surface area contributed by atoms with Crippen LogP contribution in [-0.2, 0) is 9.59 Å². The molecule has 5 heteroatoms. The highest BCUT2D eigenvalue weighted by atomic mass is 16.2. The minimum absolute atomic E-state index is 0.157. The van der Waals surface area contributed by atoms with Crippen molar-refractivity contribution < 1.29 is 14.7 Å². The molecule has 0 aliphatic carbocycles. The van der Waals surface area contributed by atoms with Gasteiger partial charge in [-0.15, -0.1) is 0 Å². The van der Waals surface area contributed by atoms with Gasteiger partial charge in [-0.3, -0.25) is 9.59 Å². The first-order valence-electron chi connectivity index (χ1n) is 14.1. The van der Waals surface area contributed by atoms with E-state index in [1.165, 1.54) is 109 Å². The number of hydrogen-bond donors (Lipinski definition) is 3. The molecule has 0 aromatic rings. The van der Waals surface area contributed by atoms with E-state index in [0.717, 1.165) is 19.3 Å². The molecule has 0 aromatic carbocycles. The first-order valence-corrected chi connectivity index (χ1v) is 14.1. The Morgan fingerprint density at radius 2 is 0.636 bits per heavy atom. The lowest BCUT2D eigenvalue weighted by molar-refractivity contribution is -0.119. The van der Waals surface area contributed by atoms with Crippen molar-refractivity contribution in [1.29, 1.82) is 0 Å². The maximum atomic E-state index is 10.5. The third-order valence-corrected chi connectivity index (χ3v) is 5.55. The third-order valence-electron chi connectivity index (χ3n) is 5.55. The van der Waals surface area contributed by atoms with Crippen LogP contribution in [0.1, 0.15) is 162 Å². The van der Waals surface area contributed by atoms with E-state index in [4.69, 9.17) is 16.6 Å². The van der Waals surface area contributed by atoms with Crippen LogP contribution in [-0.4, -0.2) is 23.5 Å². The van der Waals surface area contributed by atoms with E-state index >= 15 is 0 Å². The van der Waals surface area contributed by atoms with Crippen LogP contribution in [0.15, 0.2) is 0 Å². The zero-order valence-electron chi connectivity index (χ0n) is 22.7. The van der Waals surface area contributed by atoms with Gasteiger partial charge in [-0.2, -0.15) is 0 Å². The van der Waals surface area contributed by atoms with E-state index in [2.05, 4.69) is 13.8 Å². The lowest BCUT2D eigenvalue weighted by atomic mass is 10.1. The normalized spacial score (nSPS) is 10.1. The van der Waals surface area contributed by atoms with E-state index in [-0.39, 0.29) is 18.4 Å². The van der Waals surface area contributed by atoms with Crippen molar-refractivity contribution >= 4 is 11.8 Å². The molecule has 33 heavy (non-hydrogen) atoms. The Hall–Kier alpha value is -1.10. The smallest absolute Gasteiger partial charge is 0.217 e. The van der Waals surface area contributed by atoms with Crippen molar-refractivity contribution in [2.45, 2.75) is 162 Å². The summed E-state index contributed by atoms with van der Waals surface area (Å²) in [5.41, 5.74) is 10.1. The highest BCUT2D eigenvalue weighted by molar-refractivity contribution is 5.73. The predicted molar refractivity (Wildman–Crippen MR) is 144 cm³/mol. The van der Waals surface area contributed by atoms with Crippen molar-refractivity contribution in [3.8, 4) is 0 Å². The lowest BCUT2D eigenvalue weighted by Gasteiger charge is -2.01. The second-order valence-corrected chi connectivity index (χ2v) is 9.11. The van der Waals surface area contributed by atoms with Crippen molar-refractivity contribution in [2.24, 2.45) is 11.5 Å². The van der Waals surface area contributed by atoms with E-state index < -0.39 is 0 Å². The summed E-state index contributed by atoms with van der Waals surface area (Å²) in [6.07, 6.45) is 27.1. The monoisotopic (exact) mass is 472 g/mol. The number of carbonyl (C=O) groups is 2. The van der Waals surface area contributed by atoms with Crippen LogP contribution in [0.25, 0.3) is 0 Å². The van der Waals surface area contributed by atoms with Crippen LogP contribution in [0.2, 0.25) is 0 Å². The Morgan fingerprint density at radius 3 is 0.818 bits per heavy atom. The second-order valence-electron chi connectivity index (χ2n) is 9.11. The highest BCUT2D eigenvalue weighted by Gasteiger charge is 1.96. The zero-order chi connectivity index (χ0) is 25.4. The Bertz CT molecular complexity index is 376. The fourth-order valence-corrected chi connectivity index (χ4v) is 3.57. The molecule has 0 atom stereocenters. The number of rotatable bonds is 22. The minimum atomic E-state index is -0.159. The molecule has 0 bridgehead atoms. The van der Waals surface area contributed by atoms with Gasteiger partial charge in [0, 0.05) is 19.4 Å². The van der Waals surface area contributed by atoms with Crippen LogP contribution < -0.4 is 11.5 Å². The van der Waals surface area contributed by atoms with Gasteiger partial charge in [0.2, 0.25) is 11.8 Å². The number of unbranched alkanes of at least 4 members (excludes halogenated alkanes) is 18. The Kier molecular flexibility index (Phi) is 39.2. The highest BCUT2D eigenvalue weighted by Crippen LogP contribution is 2.12. The van der Waals surface area contributed by atoms with Gasteiger partial charge in [-0.05, 0) is 19.8 Å². The lowest BCUT2D eigenvalue weighted by Crippen LogP contribution is -2.09. The zero-order valence-corrected chi connectivity index (χ0v) is 22.7. The summed E-state index contributed by atoms with van der Waals surface area (Å²) >= 11 is 0. The number of aliphatic hydroxyl groups is 1. The number of nitrogens with two attached hydrogens (primary N) is 2. The summed E-state index contributed by atoms with van der Waals surface area (Å²) in [5.74, 6) is -0.316. The van der Waals surface area contributed by atoms with Gasteiger partial charge in [-0.1, -0.05) is 129 Å². The maximum Gasteiger partial charge on any atom is 0.217 e. The molecule has 0 spiro atoms. The molecule has 0 aliphatic heterocycles. The Balaban J connectivity index is -0.000000490. The summed E-state index contributed by atoms with van der Waals surface area (Å²) in [7, 11) is 0. The first kappa shape index (κ1) is 36.5. The molecule has 0 saturated carbocycles. The van der Waals surface area contributed by atoms with Gasteiger partial charge in [-0.25, -0.2) is 0 Å². The van der Waals surface area contributed by atoms with E-state index in [1.54, 1.807) is 6.92 Å². The van der Waals surface area contributed by atoms with Crippen LogP contribution in [0.3, 0.4) is 0 Å². The number of aliphatic hydroxyl groups excluding tert-OH is 1. The van der Waals surface area contributed by atoms with Crippen molar-refractivity contribution in [3.05, 3.63) is 0 Å². The van der Waals surface area contributed by atoms with Gasteiger partial charge in [0.25, 0.3) is 0 Å².